The third-order valence-corrected chi connectivity index (χ3v) is 4.29. The number of halogens is 2. The zero-order chi connectivity index (χ0) is 15.7. The molecule has 0 aliphatic heterocycles. The predicted molar refractivity (Wildman–Crippen MR) is 102 cm³/mol. The second-order valence-corrected chi connectivity index (χ2v) is 6.82. The Labute approximate surface area is 146 Å². The van der Waals surface area contributed by atoms with E-state index in [2.05, 4.69) is 95.1 Å². The summed E-state index contributed by atoms with van der Waals surface area (Å²) >= 11 is 6.86. The van der Waals surface area contributed by atoms with Gasteiger partial charge in [-0.3, -0.25) is 0 Å². The molecule has 0 atom stereocenters. The molecule has 0 aromatic heterocycles. The van der Waals surface area contributed by atoms with Gasteiger partial charge < -0.3 is 0 Å². The van der Waals surface area contributed by atoms with Crippen LogP contribution in [-0.4, -0.2) is 10.7 Å². The van der Waals surface area contributed by atoms with E-state index in [1.165, 1.54) is 27.8 Å². The van der Waals surface area contributed by atoms with Crippen molar-refractivity contribution >= 4 is 31.9 Å². The quantitative estimate of drug-likeness (QED) is 0.527. The minimum Gasteiger partial charge on any atom is -0.0924 e. The molecule has 0 radical (unpaired) electrons. The molecule has 0 aliphatic carbocycles. The normalized spacial score (nSPS) is 9.95. The van der Waals surface area contributed by atoms with E-state index in [4.69, 9.17) is 0 Å². The van der Waals surface area contributed by atoms with Crippen LogP contribution in [0.15, 0.2) is 42.5 Å². The van der Waals surface area contributed by atoms with E-state index in [-0.39, 0.29) is 0 Å². The van der Waals surface area contributed by atoms with Crippen molar-refractivity contribution < 1.29 is 0 Å². The first kappa shape index (κ1) is 18.4. The monoisotopic (exact) mass is 410 g/mol. The molecule has 0 fully saturated rings. The zero-order valence-electron chi connectivity index (χ0n) is 13.1. The topological polar surface area (TPSA) is 0 Å². The zero-order valence-corrected chi connectivity index (χ0v) is 16.3. The van der Waals surface area contributed by atoms with Gasteiger partial charge in [-0.15, -0.1) is 0 Å². The summed E-state index contributed by atoms with van der Waals surface area (Å²) < 4.78 is 0. The fourth-order valence-corrected chi connectivity index (χ4v) is 3.06. The number of aryl methyl sites for hydroxylation is 4. The molecule has 0 saturated heterocycles. The van der Waals surface area contributed by atoms with Gasteiger partial charge in [-0.2, -0.15) is 0 Å². The number of rotatable bonds is 4. The molecular weight excluding hydrogens is 388 g/mol. The van der Waals surface area contributed by atoms with Gasteiger partial charge in [-0.05, 0) is 55.9 Å². The van der Waals surface area contributed by atoms with E-state index in [9.17, 15) is 0 Å². The summed E-state index contributed by atoms with van der Waals surface area (Å²) in [6.45, 7) is 6.45. The Balaban J connectivity index is 0.000000211. The van der Waals surface area contributed by atoms with Crippen LogP contribution in [0.4, 0.5) is 0 Å². The molecule has 2 rings (SSSR count). The van der Waals surface area contributed by atoms with E-state index in [1.54, 1.807) is 0 Å². The molecule has 0 spiro atoms. The van der Waals surface area contributed by atoms with Crippen LogP contribution in [-0.2, 0) is 12.8 Å². The van der Waals surface area contributed by atoms with Crippen LogP contribution in [0, 0.1) is 20.8 Å². The van der Waals surface area contributed by atoms with Crippen molar-refractivity contribution in [3.63, 3.8) is 0 Å². The van der Waals surface area contributed by atoms with Crippen molar-refractivity contribution in [2.24, 2.45) is 0 Å². The van der Waals surface area contributed by atoms with Gasteiger partial charge in [0.25, 0.3) is 0 Å². The fraction of sp³-hybridized carbons (Fsp3) is 0.368. The molecule has 0 unspecified atom stereocenters. The molecule has 21 heavy (non-hydrogen) atoms. The average Bonchev–Trinajstić information content (AvgIpc) is 2.47. The maximum absolute atomic E-state index is 3.45. The van der Waals surface area contributed by atoms with Crippen molar-refractivity contribution in [2.45, 2.75) is 33.6 Å². The molecule has 0 nitrogen and oxygen atoms in total. The maximum Gasteiger partial charge on any atom is 0.00720 e. The number of benzene rings is 2. The Hall–Kier alpha value is -0.600. The molecule has 0 N–H and O–H groups in total. The average molecular weight is 412 g/mol. The number of hydrogen-bond acceptors (Lipinski definition) is 0. The molecule has 0 saturated carbocycles. The number of hydrogen-bond donors (Lipinski definition) is 0. The molecule has 0 aliphatic rings. The van der Waals surface area contributed by atoms with Crippen LogP contribution in [0.5, 0.6) is 0 Å². The summed E-state index contributed by atoms with van der Waals surface area (Å²) in [6, 6.07) is 15.1. The van der Waals surface area contributed by atoms with E-state index >= 15 is 0 Å². The lowest BCUT2D eigenvalue weighted by atomic mass is 10.0. The van der Waals surface area contributed by atoms with E-state index in [0.717, 1.165) is 23.5 Å². The second-order valence-electron chi connectivity index (χ2n) is 5.23. The molecule has 2 heteroatoms. The highest BCUT2D eigenvalue weighted by molar-refractivity contribution is 9.09. The molecule has 0 bridgehead atoms. The molecule has 2 aromatic rings. The van der Waals surface area contributed by atoms with Crippen LogP contribution in [0.2, 0.25) is 0 Å². The van der Waals surface area contributed by atoms with Crippen LogP contribution < -0.4 is 0 Å². The number of alkyl halides is 2. The molecule has 0 heterocycles. The van der Waals surface area contributed by atoms with E-state index in [0.29, 0.717) is 0 Å². The van der Waals surface area contributed by atoms with E-state index in [1.807, 2.05) is 0 Å². The molecule has 114 valence electrons. The highest BCUT2D eigenvalue weighted by Gasteiger charge is 1.99. The van der Waals surface area contributed by atoms with Gasteiger partial charge in [0.05, 0.1) is 0 Å². The summed E-state index contributed by atoms with van der Waals surface area (Å²) in [6.07, 6.45) is 2.26. The van der Waals surface area contributed by atoms with Crippen molar-refractivity contribution in [3.8, 4) is 0 Å². The van der Waals surface area contributed by atoms with Crippen LogP contribution in [0.1, 0.15) is 27.8 Å². The van der Waals surface area contributed by atoms with Gasteiger partial charge in [0.15, 0.2) is 0 Å². The first-order valence-corrected chi connectivity index (χ1v) is 9.55. The van der Waals surface area contributed by atoms with Gasteiger partial charge in [-0.25, -0.2) is 0 Å². The Morgan fingerprint density at radius 3 is 1.71 bits per heavy atom. The van der Waals surface area contributed by atoms with Crippen molar-refractivity contribution in [1.29, 1.82) is 0 Å². The van der Waals surface area contributed by atoms with Gasteiger partial charge in [-0.1, -0.05) is 79.9 Å². The van der Waals surface area contributed by atoms with Crippen LogP contribution in [0.25, 0.3) is 0 Å². The van der Waals surface area contributed by atoms with Crippen LogP contribution in [0.3, 0.4) is 0 Å². The molecule has 0 amide bonds. The van der Waals surface area contributed by atoms with Gasteiger partial charge >= 0.3 is 0 Å². The van der Waals surface area contributed by atoms with Gasteiger partial charge in [0.1, 0.15) is 0 Å². The maximum atomic E-state index is 3.45. The lowest BCUT2D eigenvalue weighted by Gasteiger charge is -2.06. The van der Waals surface area contributed by atoms with Crippen molar-refractivity contribution in [1.82, 2.24) is 0 Å². The lowest BCUT2D eigenvalue weighted by molar-refractivity contribution is 1.10. The lowest BCUT2D eigenvalue weighted by Crippen LogP contribution is -1.93. The first-order valence-electron chi connectivity index (χ1n) is 7.31. The minimum absolute atomic E-state index is 1.05. The van der Waals surface area contributed by atoms with Crippen LogP contribution >= 0.6 is 31.9 Å². The first-order chi connectivity index (χ1) is 10.1. The molecule has 2 aromatic carbocycles. The Kier molecular flexibility index (Phi) is 8.94. The minimum atomic E-state index is 1.05. The smallest absolute Gasteiger partial charge is 0.00720 e. The van der Waals surface area contributed by atoms with Gasteiger partial charge in [0, 0.05) is 10.7 Å². The second kappa shape index (κ2) is 10.2. The summed E-state index contributed by atoms with van der Waals surface area (Å²) in [4.78, 5) is 0. The van der Waals surface area contributed by atoms with Crippen molar-refractivity contribution in [2.75, 3.05) is 10.7 Å². The SMILES string of the molecule is Cc1ccc(CCBr)cc1.Cc1cccc(C)c1CCBr. The Morgan fingerprint density at radius 1 is 0.714 bits per heavy atom. The fourth-order valence-electron chi connectivity index (χ4n) is 2.20. The van der Waals surface area contributed by atoms with Crippen molar-refractivity contribution in [3.05, 3.63) is 70.3 Å². The Bertz CT molecular complexity index is 510. The standard InChI is InChI=1S/C10H13Br.C9H11Br/c1-8-4-3-5-9(2)10(8)6-7-11;1-8-2-4-9(5-3-8)6-7-10/h3-5H,6-7H2,1-2H3;2-5H,6-7H2,1H3. The summed E-state index contributed by atoms with van der Waals surface area (Å²) in [7, 11) is 0. The summed E-state index contributed by atoms with van der Waals surface area (Å²) in [5.41, 5.74) is 7.04. The van der Waals surface area contributed by atoms with E-state index < -0.39 is 0 Å². The third-order valence-electron chi connectivity index (χ3n) is 3.49. The molecular formula is C19H24Br2. The summed E-state index contributed by atoms with van der Waals surface area (Å²) in [5.74, 6) is 0. The summed E-state index contributed by atoms with van der Waals surface area (Å²) in [5, 5.41) is 2.11. The highest BCUT2D eigenvalue weighted by Crippen LogP contribution is 2.14. The highest BCUT2D eigenvalue weighted by atomic mass is 79.9. The largest absolute Gasteiger partial charge is 0.0924 e. The van der Waals surface area contributed by atoms with Gasteiger partial charge in [0.2, 0.25) is 0 Å². The third kappa shape index (κ3) is 6.80. The predicted octanol–water partition coefficient (Wildman–Crippen LogP) is 6.17. The Morgan fingerprint density at radius 2 is 1.24 bits per heavy atom.